The average molecular weight is 233 g/mol. The van der Waals surface area contributed by atoms with Gasteiger partial charge < -0.3 is 14.7 Å². The van der Waals surface area contributed by atoms with Crippen LogP contribution >= 0.6 is 0 Å². The van der Waals surface area contributed by atoms with Crippen LogP contribution in [-0.4, -0.2) is 9.55 Å². The minimum atomic E-state index is 0.529. The van der Waals surface area contributed by atoms with Gasteiger partial charge in [0, 0.05) is 30.9 Å². The molecule has 17 heavy (non-hydrogen) atoms. The number of rotatable bonds is 5. The molecule has 0 atom stereocenters. The van der Waals surface area contributed by atoms with E-state index < -0.39 is 0 Å². The first-order valence-electron chi connectivity index (χ1n) is 6.02. The average Bonchev–Trinajstić information content (AvgIpc) is 2.87. The fourth-order valence-electron chi connectivity index (χ4n) is 1.97. The second kappa shape index (κ2) is 5.19. The van der Waals surface area contributed by atoms with Crippen LogP contribution < -0.4 is 5.73 Å². The van der Waals surface area contributed by atoms with Gasteiger partial charge in [-0.25, -0.2) is 4.98 Å². The van der Waals surface area contributed by atoms with Gasteiger partial charge in [-0.2, -0.15) is 0 Å². The van der Waals surface area contributed by atoms with Gasteiger partial charge in [-0.15, -0.1) is 0 Å². The summed E-state index contributed by atoms with van der Waals surface area (Å²) >= 11 is 0. The smallest absolute Gasteiger partial charge is 0.124 e. The van der Waals surface area contributed by atoms with Crippen LogP contribution in [0.4, 0.5) is 0 Å². The molecule has 2 heterocycles. The van der Waals surface area contributed by atoms with Crippen molar-refractivity contribution in [3.63, 3.8) is 0 Å². The fourth-order valence-corrected chi connectivity index (χ4v) is 1.97. The summed E-state index contributed by atoms with van der Waals surface area (Å²) in [4.78, 5) is 4.35. The second-order valence-corrected chi connectivity index (χ2v) is 4.22. The molecule has 0 saturated carbocycles. The number of imidazole rings is 1. The van der Waals surface area contributed by atoms with Crippen molar-refractivity contribution in [2.75, 3.05) is 0 Å². The Bertz CT molecular complexity index is 485. The number of aromatic nitrogens is 2. The highest BCUT2D eigenvalue weighted by Crippen LogP contribution is 2.16. The first-order valence-corrected chi connectivity index (χ1v) is 6.02. The maximum atomic E-state index is 5.68. The van der Waals surface area contributed by atoms with Crippen LogP contribution in [0.5, 0.6) is 0 Å². The Kier molecular flexibility index (Phi) is 3.64. The lowest BCUT2D eigenvalue weighted by Crippen LogP contribution is -2.03. The minimum Gasteiger partial charge on any atom is -0.464 e. The number of aryl methyl sites for hydroxylation is 2. The first kappa shape index (κ1) is 11.9. The third-order valence-corrected chi connectivity index (χ3v) is 2.89. The van der Waals surface area contributed by atoms with Gasteiger partial charge in [0.1, 0.15) is 17.3 Å². The summed E-state index contributed by atoms with van der Waals surface area (Å²) in [6.07, 6.45) is 5.92. The van der Waals surface area contributed by atoms with Gasteiger partial charge in [-0.05, 0) is 19.4 Å². The van der Waals surface area contributed by atoms with E-state index in [-0.39, 0.29) is 0 Å². The van der Waals surface area contributed by atoms with Crippen LogP contribution in [0.15, 0.2) is 22.9 Å². The van der Waals surface area contributed by atoms with Crippen molar-refractivity contribution in [1.29, 1.82) is 0 Å². The number of hydrogen-bond donors (Lipinski definition) is 1. The number of nitrogens with two attached hydrogens (primary N) is 1. The van der Waals surface area contributed by atoms with Gasteiger partial charge in [-0.1, -0.05) is 6.92 Å². The van der Waals surface area contributed by atoms with E-state index in [0.717, 1.165) is 42.3 Å². The normalized spacial score (nSPS) is 11.0. The van der Waals surface area contributed by atoms with Gasteiger partial charge in [-0.3, -0.25) is 0 Å². The second-order valence-electron chi connectivity index (χ2n) is 4.22. The highest BCUT2D eigenvalue weighted by atomic mass is 16.3. The van der Waals surface area contributed by atoms with Crippen molar-refractivity contribution in [1.82, 2.24) is 9.55 Å². The Hall–Kier alpha value is -1.55. The van der Waals surface area contributed by atoms with E-state index in [9.17, 15) is 0 Å². The largest absolute Gasteiger partial charge is 0.464 e. The first-order chi connectivity index (χ1) is 8.24. The molecular formula is C13H19N3O. The van der Waals surface area contributed by atoms with Crippen molar-refractivity contribution in [2.24, 2.45) is 5.73 Å². The molecule has 0 fully saturated rings. The third-order valence-electron chi connectivity index (χ3n) is 2.89. The van der Waals surface area contributed by atoms with Crippen molar-refractivity contribution in [3.05, 3.63) is 41.4 Å². The van der Waals surface area contributed by atoms with Gasteiger partial charge >= 0.3 is 0 Å². The van der Waals surface area contributed by atoms with Crippen LogP contribution in [0.25, 0.3) is 0 Å². The quantitative estimate of drug-likeness (QED) is 0.861. The summed E-state index contributed by atoms with van der Waals surface area (Å²) in [6.45, 7) is 5.37. The molecule has 0 aliphatic carbocycles. The molecule has 2 aromatic heterocycles. The van der Waals surface area contributed by atoms with Crippen molar-refractivity contribution in [3.8, 4) is 0 Å². The molecular weight excluding hydrogens is 214 g/mol. The van der Waals surface area contributed by atoms with Gasteiger partial charge in [0.2, 0.25) is 0 Å². The summed E-state index contributed by atoms with van der Waals surface area (Å²) in [7, 11) is 0. The van der Waals surface area contributed by atoms with Crippen LogP contribution in [0, 0.1) is 6.92 Å². The molecule has 0 spiro atoms. The molecule has 0 aliphatic rings. The molecule has 2 aromatic rings. The summed E-state index contributed by atoms with van der Waals surface area (Å²) in [5.74, 6) is 2.97. The lowest BCUT2D eigenvalue weighted by atomic mass is 10.2. The summed E-state index contributed by atoms with van der Waals surface area (Å²) in [5, 5.41) is 0. The zero-order valence-electron chi connectivity index (χ0n) is 10.4. The van der Waals surface area contributed by atoms with Gasteiger partial charge in [0.05, 0.1) is 6.54 Å². The third kappa shape index (κ3) is 2.58. The van der Waals surface area contributed by atoms with E-state index in [1.54, 1.807) is 0 Å². The van der Waals surface area contributed by atoms with Crippen LogP contribution in [0.2, 0.25) is 0 Å². The summed E-state index contributed by atoms with van der Waals surface area (Å²) in [5.41, 5.74) is 6.72. The SMILES string of the molecule is CCCc1nccn1Cc1cc(CN)c(C)o1. The fraction of sp³-hybridized carbons (Fsp3) is 0.462. The topological polar surface area (TPSA) is 57.0 Å². The molecule has 0 aliphatic heterocycles. The molecule has 0 bridgehead atoms. The summed E-state index contributed by atoms with van der Waals surface area (Å²) < 4.78 is 7.81. The zero-order chi connectivity index (χ0) is 12.3. The number of hydrogen-bond acceptors (Lipinski definition) is 3. The Balaban J connectivity index is 2.16. The van der Waals surface area contributed by atoms with E-state index in [0.29, 0.717) is 6.54 Å². The molecule has 0 unspecified atom stereocenters. The summed E-state index contributed by atoms with van der Waals surface area (Å²) in [6, 6.07) is 2.03. The van der Waals surface area contributed by atoms with E-state index >= 15 is 0 Å². The van der Waals surface area contributed by atoms with Crippen LogP contribution in [0.3, 0.4) is 0 Å². The van der Waals surface area contributed by atoms with E-state index in [1.807, 2.05) is 25.4 Å². The lowest BCUT2D eigenvalue weighted by Gasteiger charge is -2.04. The molecule has 4 heteroatoms. The van der Waals surface area contributed by atoms with E-state index in [1.165, 1.54) is 0 Å². The van der Waals surface area contributed by atoms with Gasteiger partial charge in [0.15, 0.2) is 0 Å². The molecule has 0 saturated heterocycles. The molecule has 0 radical (unpaired) electrons. The Morgan fingerprint density at radius 1 is 1.47 bits per heavy atom. The predicted molar refractivity (Wildman–Crippen MR) is 66.7 cm³/mol. The monoisotopic (exact) mass is 233 g/mol. The Morgan fingerprint density at radius 3 is 2.94 bits per heavy atom. The minimum absolute atomic E-state index is 0.529. The standard InChI is InChI=1S/C13H19N3O/c1-3-4-13-15-5-6-16(13)9-12-7-11(8-14)10(2)17-12/h5-7H,3-4,8-9,14H2,1-2H3. The Morgan fingerprint density at radius 2 is 2.29 bits per heavy atom. The van der Waals surface area contributed by atoms with Crippen molar-refractivity contribution < 1.29 is 4.42 Å². The van der Waals surface area contributed by atoms with E-state index in [4.69, 9.17) is 10.2 Å². The maximum absolute atomic E-state index is 5.68. The molecule has 2 rings (SSSR count). The number of nitrogens with zero attached hydrogens (tertiary/aromatic N) is 2. The molecule has 2 N–H and O–H groups in total. The van der Waals surface area contributed by atoms with Crippen LogP contribution in [0.1, 0.15) is 36.3 Å². The molecule has 0 amide bonds. The number of furan rings is 1. The maximum Gasteiger partial charge on any atom is 0.124 e. The van der Waals surface area contributed by atoms with E-state index in [2.05, 4.69) is 16.5 Å². The highest BCUT2D eigenvalue weighted by Gasteiger charge is 2.08. The predicted octanol–water partition coefficient (Wildman–Crippen LogP) is 2.24. The molecule has 4 nitrogen and oxygen atoms in total. The zero-order valence-corrected chi connectivity index (χ0v) is 10.4. The highest BCUT2D eigenvalue weighted by molar-refractivity contribution is 5.20. The van der Waals surface area contributed by atoms with Crippen LogP contribution in [-0.2, 0) is 19.5 Å². The molecule has 92 valence electrons. The lowest BCUT2D eigenvalue weighted by molar-refractivity contribution is 0.464. The van der Waals surface area contributed by atoms with Crippen molar-refractivity contribution >= 4 is 0 Å². The molecule has 0 aromatic carbocycles. The Labute approximate surface area is 101 Å². The van der Waals surface area contributed by atoms with Crippen molar-refractivity contribution in [2.45, 2.75) is 39.8 Å². The van der Waals surface area contributed by atoms with Gasteiger partial charge in [0.25, 0.3) is 0 Å².